The smallest absolute Gasteiger partial charge is 0.123 e. The molecule has 1 fully saturated rings. The van der Waals surface area contributed by atoms with Crippen LogP contribution in [0.1, 0.15) is 23.6 Å². The van der Waals surface area contributed by atoms with E-state index < -0.39 is 0 Å². The molecule has 2 heterocycles. The SMILES string of the molecule is C=C(c1ccc(-c2cccc3cccnc23)cc1)N1CCN(Cc2cc(CC)ccc2OC)CC1. The summed E-state index contributed by atoms with van der Waals surface area (Å²) in [6, 6.07) is 25.7. The molecule has 5 rings (SSSR count). The highest BCUT2D eigenvalue weighted by molar-refractivity contribution is 5.93. The van der Waals surface area contributed by atoms with Crippen molar-refractivity contribution < 1.29 is 4.74 Å². The first-order valence-corrected chi connectivity index (χ1v) is 12.4. The van der Waals surface area contributed by atoms with Crippen LogP contribution in [0.3, 0.4) is 0 Å². The van der Waals surface area contributed by atoms with Gasteiger partial charge in [0.2, 0.25) is 0 Å². The van der Waals surface area contributed by atoms with Crippen LogP contribution in [0.25, 0.3) is 27.7 Å². The fraction of sp³-hybridized carbons (Fsp3) is 0.258. The third kappa shape index (κ3) is 4.94. The molecule has 1 saturated heterocycles. The summed E-state index contributed by atoms with van der Waals surface area (Å²) in [5.41, 5.74) is 8.29. The molecule has 1 aromatic heterocycles. The van der Waals surface area contributed by atoms with Gasteiger partial charge in [-0.2, -0.15) is 0 Å². The van der Waals surface area contributed by atoms with E-state index in [4.69, 9.17) is 4.74 Å². The van der Waals surface area contributed by atoms with Gasteiger partial charge in [-0.25, -0.2) is 0 Å². The van der Waals surface area contributed by atoms with Gasteiger partial charge in [0.15, 0.2) is 0 Å². The second-order valence-electron chi connectivity index (χ2n) is 9.17. The highest BCUT2D eigenvalue weighted by Crippen LogP contribution is 2.29. The summed E-state index contributed by atoms with van der Waals surface area (Å²) in [5, 5.41) is 1.16. The van der Waals surface area contributed by atoms with Gasteiger partial charge in [-0.1, -0.05) is 74.2 Å². The number of hydrogen-bond donors (Lipinski definition) is 0. The van der Waals surface area contributed by atoms with Crippen LogP contribution in [0.15, 0.2) is 85.6 Å². The van der Waals surface area contributed by atoms with Crippen LogP contribution >= 0.6 is 0 Å². The monoisotopic (exact) mass is 463 g/mol. The Labute approximate surface area is 208 Å². The molecule has 0 atom stereocenters. The highest BCUT2D eigenvalue weighted by atomic mass is 16.5. The maximum absolute atomic E-state index is 5.61. The Balaban J connectivity index is 1.24. The molecule has 35 heavy (non-hydrogen) atoms. The molecule has 4 heteroatoms. The zero-order valence-corrected chi connectivity index (χ0v) is 20.7. The summed E-state index contributed by atoms with van der Waals surface area (Å²) in [7, 11) is 1.76. The first-order valence-electron chi connectivity index (χ1n) is 12.4. The van der Waals surface area contributed by atoms with Crippen LogP contribution in [0.5, 0.6) is 5.75 Å². The molecule has 178 valence electrons. The van der Waals surface area contributed by atoms with Crippen molar-refractivity contribution in [1.82, 2.24) is 14.8 Å². The van der Waals surface area contributed by atoms with Crippen molar-refractivity contribution in [2.24, 2.45) is 0 Å². The Bertz CT molecular complexity index is 1320. The Morgan fingerprint density at radius 2 is 1.71 bits per heavy atom. The molecule has 1 aliphatic heterocycles. The zero-order valence-electron chi connectivity index (χ0n) is 20.7. The number of nitrogens with zero attached hydrogens (tertiary/aromatic N) is 3. The number of hydrogen-bond acceptors (Lipinski definition) is 4. The number of ether oxygens (including phenoxy) is 1. The van der Waals surface area contributed by atoms with Crippen LogP contribution in [0.2, 0.25) is 0 Å². The lowest BCUT2D eigenvalue weighted by atomic mass is 10.00. The molecule has 0 spiro atoms. The second-order valence-corrected chi connectivity index (χ2v) is 9.17. The summed E-state index contributed by atoms with van der Waals surface area (Å²) >= 11 is 0. The number of rotatable bonds is 7. The lowest BCUT2D eigenvalue weighted by molar-refractivity contribution is 0.168. The normalized spacial score (nSPS) is 14.3. The Hall–Kier alpha value is -3.63. The van der Waals surface area contributed by atoms with Crippen molar-refractivity contribution >= 4 is 16.6 Å². The quantitative estimate of drug-likeness (QED) is 0.323. The number of pyridine rings is 1. The molecule has 4 nitrogen and oxygen atoms in total. The molecule has 0 saturated carbocycles. The summed E-state index contributed by atoms with van der Waals surface area (Å²) < 4.78 is 5.61. The molecule has 0 amide bonds. The van der Waals surface area contributed by atoms with E-state index in [1.165, 1.54) is 22.3 Å². The van der Waals surface area contributed by atoms with Crippen LogP contribution in [0, 0.1) is 0 Å². The number of para-hydroxylation sites is 1. The molecule has 0 bridgehead atoms. The van der Waals surface area contributed by atoms with Crippen molar-refractivity contribution in [3.05, 3.63) is 102 Å². The van der Waals surface area contributed by atoms with Gasteiger partial charge in [0.1, 0.15) is 5.75 Å². The largest absolute Gasteiger partial charge is 0.496 e. The van der Waals surface area contributed by atoms with Gasteiger partial charge in [0.25, 0.3) is 0 Å². The van der Waals surface area contributed by atoms with Gasteiger partial charge in [-0.3, -0.25) is 9.88 Å². The van der Waals surface area contributed by atoms with E-state index in [0.717, 1.165) is 67.1 Å². The molecule has 1 aliphatic rings. The van der Waals surface area contributed by atoms with Crippen molar-refractivity contribution in [2.75, 3.05) is 33.3 Å². The number of methoxy groups -OCH3 is 1. The fourth-order valence-corrected chi connectivity index (χ4v) is 4.95. The average Bonchev–Trinajstić information content (AvgIpc) is 2.93. The summed E-state index contributed by atoms with van der Waals surface area (Å²) in [6.07, 6.45) is 2.90. The van der Waals surface area contributed by atoms with E-state index >= 15 is 0 Å². The van der Waals surface area contributed by atoms with Gasteiger partial charge >= 0.3 is 0 Å². The number of aryl methyl sites for hydroxylation is 1. The fourth-order valence-electron chi connectivity index (χ4n) is 4.95. The number of piperazine rings is 1. The number of fused-ring (bicyclic) bond motifs is 1. The van der Waals surface area contributed by atoms with E-state index in [9.17, 15) is 0 Å². The Morgan fingerprint density at radius 1 is 0.943 bits per heavy atom. The third-order valence-corrected chi connectivity index (χ3v) is 7.06. The first-order chi connectivity index (χ1) is 17.2. The minimum Gasteiger partial charge on any atom is -0.496 e. The molecule has 0 radical (unpaired) electrons. The van der Waals surface area contributed by atoms with E-state index in [2.05, 4.69) is 95.0 Å². The van der Waals surface area contributed by atoms with Gasteiger partial charge in [0.05, 0.1) is 12.6 Å². The van der Waals surface area contributed by atoms with E-state index in [1.807, 2.05) is 12.3 Å². The first kappa shape index (κ1) is 23.1. The molecule has 0 unspecified atom stereocenters. The van der Waals surface area contributed by atoms with Crippen LogP contribution in [-0.4, -0.2) is 48.1 Å². The van der Waals surface area contributed by atoms with Crippen molar-refractivity contribution in [2.45, 2.75) is 19.9 Å². The highest BCUT2D eigenvalue weighted by Gasteiger charge is 2.20. The molecule has 0 aliphatic carbocycles. The van der Waals surface area contributed by atoms with Crippen molar-refractivity contribution in [3.8, 4) is 16.9 Å². The lowest BCUT2D eigenvalue weighted by Gasteiger charge is -2.37. The molecule has 3 aromatic carbocycles. The summed E-state index contributed by atoms with van der Waals surface area (Å²) in [5.74, 6) is 0.982. The predicted octanol–water partition coefficient (Wildman–Crippen LogP) is 6.26. The lowest BCUT2D eigenvalue weighted by Crippen LogP contribution is -2.44. The maximum Gasteiger partial charge on any atom is 0.123 e. The van der Waals surface area contributed by atoms with Crippen LogP contribution in [-0.2, 0) is 13.0 Å². The predicted molar refractivity (Wildman–Crippen MR) is 145 cm³/mol. The van der Waals surface area contributed by atoms with Crippen molar-refractivity contribution in [3.63, 3.8) is 0 Å². The number of benzene rings is 3. The molecular weight excluding hydrogens is 430 g/mol. The topological polar surface area (TPSA) is 28.6 Å². The zero-order chi connectivity index (χ0) is 24.2. The molecule has 4 aromatic rings. The van der Waals surface area contributed by atoms with Gasteiger partial charge in [0, 0.05) is 61.1 Å². The van der Waals surface area contributed by atoms with Crippen LogP contribution in [0.4, 0.5) is 0 Å². The number of aromatic nitrogens is 1. The molecule has 0 N–H and O–H groups in total. The van der Waals surface area contributed by atoms with Crippen molar-refractivity contribution in [1.29, 1.82) is 0 Å². The average molecular weight is 464 g/mol. The third-order valence-electron chi connectivity index (χ3n) is 7.06. The maximum atomic E-state index is 5.61. The summed E-state index contributed by atoms with van der Waals surface area (Å²) in [6.45, 7) is 11.5. The molecular formula is C31H33N3O. The van der Waals surface area contributed by atoms with Crippen LogP contribution < -0.4 is 4.74 Å². The van der Waals surface area contributed by atoms with Gasteiger partial charge in [-0.15, -0.1) is 0 Å². The van der Waals surface area contributed by atoms with E-state index in [1.54, 1.807) is 7.11 Å². The Kier molecular flexibility index (Phi) is 6.82. The second kappa shape index (κ2) is 10.3. The summed E-state index contributed by atoms with van der Waals surface area (Å²) in [4.78, 5) is 9.53. The minimum atomic E-state index is 0.922. The Morgan fingerprint density at radius 3 is 2.46 bits per heavy atom. The van der Waals surface area contributed by atoms with E-state index in [-0.39, 0.29) is 0 Å². The minimum absolute atomic E-state index is 0.922. The van der Waals surface area contributed by atoms with E-state index in [0.29, 0.717) is 0 Å². The standard InChI is InChI=1S/C31H33N3O/c1-4-24-10-15-30(35-3)28(21-24)22-33-17-19-34(20-18-33)23(2)25-11-13-26(14-12-25)29-9-5-7-27-8-6-16-32-31(27)29/h5-16,21H,2,4,17-20,22H2,1,3H3. The van der Waals surface area contributed by atoms with Gasteiger partial charge < -0.3 is 9.64 Å². The van der Waals surface area contributed by atoms with Gasteiger partial charge in [-0.05, 0) is 35.2 Å².